The van der Waals surface area contributed by atoms with Gasteiger partial charge in [-0.3, -0.25) is 5.32 Å². The van der Waals surface area contributed by atoms with E-state index in [-0.39, 0.29) is 5.41 Å². The smallest absolute Gasteiger partial charge is 0.236 e. The number of hydrogen-bond donors (Lipinski definition) is 1. The zero-order chi connectivity index (χ0) is 11.9. The monoisotopic (exact) mass is 292 g/mol. The van der Waals surface area contributed by atoms with Crippen molar-refractivity contribution in [2.24, 2.45) is 16.1 Å². The molecule has 1 aromatic carbocycles. The molecule has 2 N–H and O–H groups in total. The van der Waals surface area contributed by atoms with E-state index in [1.54, 1.807) is 6.34 Å². The highest BCUT2D eigenvalue weighted by molar-refractivity contribution is 9.10. The van der Waals surface area contributed by atoms with E-state index < -0.39 is 0 Å². The lowest BCUT2D eigenvalue weighted by Crippen LogP contribution is -2.90. The molecule has 0 unspecified atom stereocenters. The van der Waals surface area contributed by atoms with E-state index in [0.29, 0.717) is 0 Å². The quantitative estimate of drug-likeness (QED) is 0.867. The summed E-state index contributed by atoms with van der Waals surface area (Å²) >= 11 is 3.55. The van der Waals surface area contributed by atoms with Gasteiger partial charge < -0.3 is 0 Å². The van der Waals surface area contributed by atoms with Gasteiger partial charge in [0.05, 0.1) is 5.41 Å². The standard InChI is InChI=1S/C13H14BrN3/c1-9-6-13(7-9,12-15-8-16-17-12)10-3-2-4-11(14)5-10/h2-5,8-9H,6-7H2,1H3,(H,15,16,17)/p+1. The molecule has 2 aliphatic rings. The van der Waals surface area contributed by atoms with Gasteiger partial charge >= 0.3 is 0 Å². The van der Waals surface area contributed by atoms with Crippen LogP contribution in [0.1, 0.15) is 25.3 Å². The maximum Gasteiger partial charge on any atom is 0.236 e. The van der Waals surface area contributed by atoms with Crippen molar-refractivity contribution in [1.29, 1.82) is 0 Å². The van der Waals surface area contributed by atoms with E-state index in [9.17, 15) is 0 Å². The van der Waals surface area contributed by atoms with Crippen LogP contribution in [0.15, 0.2) is 38.9 Å². The zero-order valence-corrected chi connectivity index (χ0v) is 11.3. The van der Waals surface area contributed by atoms with Gasteiger partial charge in [-0.1, -0.05) is 45.2 Å². The van der Waals surface area contributed by atoms with Gasteiger partial charge in [-0.25, -0.2) is 0 Å². The summed E-state index contributed by atoms with van der Waals surface area (Å²) in [7, 11) is 0. The Bertz CT molecular complexity index is 501. The molecule has 0 spiro atoms. The second-order valence-electron chi connectivity index (χ2n) is 5.02. The van der Waals surface area contributed by atoms with E-state index in [1.807, 2.05) is 5.32 Å². The minimum atomic E-state index is 0.0969. The van der Waals surface area contributed by atoms with Crippen molar-refractivity contribution < 1.29 is 5.32 Å². The Morgan fingerprint density at radius 2 is 2.24 bits per heavy atom. The molecule has 0 aromatic heterocycles. The molecule has 3 nitrogen and oxygen atoms in total. The van der Waals surface area contributed by atoms with Gasteiger partial charge in [-0.2, -0.15) is 0 Å². The Morgan fingerprint density at radius 3 is 2.82 bits per heavy atom. The highest BCUT2D eigenvalue weighted by atomic mass is 79.9. The first-order chi connectivity index (χ1) is 8.21. The third kappa shape index (κ3) is 1.76. The Balaban J connectivity index is 2.01. The second-order valence-corrected chi connectivity index (χ2v) is 5.94. The fourth-order valence-corrected chi connectivity index (χ4v) is 3.40. The number of hydrogen-bond acceptors (Lipinski definition) is 2. The molecule has 3 rings (SSSR count). The minimum absolute atomic E-state index is 0.0969. The van der Waals surface area contributed by atoms with Gasteiger partial charge in [-0.05, 0) is 36.5 Å². The number of halogens is 1. The Morgan fingerprint density at radius 1 is 1.41 bits per heavy atom. The molecule has 1 saturated carbocycles. The predicted molar refractivity (Wildman–Crippen MR) is 72.1 cm³/mol. The first-order valence-electron chi connectivity index (χ1n) is 5.92. The lowest BCUT2D eigenvalue weighted by atomic mass is 9.58. The Labute approximate surface area is 109 Å². The van der Waals surface area contributed by atoms with Crippen LogP contribution in [0.5, 0.6) is 0 Å². The summed E-state index contributed by atoms with van der Waals surface area (Å²) in [5.74, 6) is 1.89. The van der Waals surface area contributed by atoms with Crippen molar-refractivity contribution in [3.05, 3.63) is 34.3 Å². The van der Waals surface area contributed by atoms with Gasteiger partial charge in [0.2, 0.25) is 12.2 Å². The van der Waals surface area contributed by atoms with Gasteiger partial charge in [0.15, 0.2) is 0 Å². The molecule has 1 heterocycles. The summed E-state index contributed by atoms with van der Waals surface area (Å²) in [5, 5.41) is 10.3. The molecule has 0 saturated heterocycles. The topological polar surface area (TPSA) is 41.3 Å². The Hall–Kier alpha value is -1.00. The highest BCUT2D eigenvalue weighted by Gasteiger charge is 2.51. The molecule has 0 atom stereocenters. The van der Waals surface area contributed by atoms with Crippen molar-refractivity contribution in [2.75, 3.05) is 0 Å². The summed E-state index contributed by atoms with van der Waals surface area (Å²) in [6.07, 6.45) is 4.13. The first-order valence-corrected chi connectivity index (χ1v) is 6.71. The Kier molecular flexibility index (Phi) is 2.64. The third-order valence-electron chi connectivity index (χ3n) is 3.73. The fourth-order valence-electron chi connectivity index (χ4n) is 3.00. The number of amidine groups is 1. The minimum Gasteiger partial charge on any atom is -0.255 e. The zero-order valence-electron chi connectivity index (χ0n) is 9.73. The first kappa shape index (κ1) is 11.1. The van der Waals surface area contributed by atoms with E-state index in [4.69, 9.17) is 0 Å². The highest BCUT2D eigenvalue weighted by Crippen LogP contribution is 2.48. The van der Waals surface area contributed by atoms with Gasteiger partial charge in [-0.15, -0.1) is 0 Å². The fraction of sp³-hybridized carbons (Fsp3) is 0.385. The largest absolute Gasteiger partial charge is 0.255 e. The molecule has 4 heteroatoms. The summed E-state index contributed by atoms with van der Waals surface area (Å²) in [5.41, 5.74) is 1.45. The van der Waals surface area contributed by atoms with Crippen LogP contribution in [0.4, 0.5) is 0 Å². The van der Waals surface area contributed by atoms with Crippen LogP contribution < -0.4 is 5.32 Å². The molecule has 1 aromatic rings. The van der Waals surface area contributed by atoms with Crippen LogP contribution in [0.25, 0.3) is 0 Å². The molecule has 17 heavy (non-hydrogen) atoms. The SMILES string of the molecule is CC1CC(C2=NN=C[NH2+]2)(c2cccc(Br)c2)C1. The average molecular weight is 293 g/mol. The molecule has 1 aliphatic heterocycles. The van der Waals surface area contributed by atoms with E-state index >= 15 is 0 Å². The lowest BCUT2D eigenvalue weighted by Gasteiger charge is -2.44. The van der Waals surface area contributed by atoms with Gasteiger partial charge in [0.25, 0.3) is 0 Å². The molecule has 1 aliphatic carbocycles. The maximum absolute atomic E-state index is 4.29. The molecule has 0 amide bonds. The van der Waals surface area contributed by atoms with Gasteiger partial charge in [0, 0.05) is 4.47 Å². The van der Waals surface area contributed by atoms with Crippen molar-refractivity contribution >= 4 is 28.1 Å². The van der Waals surface area contributed by atoms with Crippen molar-refractivity contribution in [2.45, 2.75) is 25.2 Å². The molecular formula is C13H15BrN3+. The summed E-state index contributed by atoms with van der Waals surface area (Å²) in [6.45, 7) is 2.30. The normalized spacial score (nSPS) is 31.2. The van der Waals surface area contributed by atoms with Crippen LogP contribution >= 0.6 is 15.9 Å². The second kappa shape index (κ2) is 4.03. The number of nitrogens with zero attached hydrogens (tertiary/aromatic N) is 2. The van der Waals surface area contributed by atoms with Crippen LogP contribution in [-0.2, 0) is 5.41 Å². The van der Waals surface area contributed by atoms with E-state index in [1.165, 1.54) is 18.4 Å². The van der Waals surface area contributed by atoms with Gasteiger partial charge in [0.1, 0.15) is 0 Å². The molecular weight excluding hydrogens is 278 g/mol. The third-order valence-corrected chi connectivity index (χ3v) is 4.22. The average Bonchev–Trinajstić information content (AvgIpc) is 2.78. The number of nitrogens with two attached hydrogens (primary N) is 1. The molecule has 88 valence electrons. The van der Waals surface area contributed by atoms with Crippen LogP contribution in [0.3, 0.4) is 0 Å². The molecule has 0 radical (unpaired) electrons. The van der Waals surface area contributed by atoms with Crippen LogP contribution in [0, 0.1) is 5.92 Å². The lowest BCUT2D eigenvalue weighted by molar-refractivity contribution is -0.402. The van der Waals surface area contributed by atoms with Crippen molar-refractivity contribution in [3.63, 3.8) is 0 Å². The molecule has 0 bridgehead atoms. The van der Waals surface area contributed by atoms with Crippen LogP contribution in [-0.4, -0.2) is 12.2 Å². The van der Waals surface area contributed by atoms with Crippen LogP contribution in [0.2, 0.25) is 0 Å². The predicted octanol–water partition coefficient (Wildman–Crippen LogP) is 2.04. The van der Waals surface area contributed by atoms with Crippen molar-refractivity contribution in [1.82, 2.24) is 0 Å². The maximum atomic E-state index is 4.29. The number of rotatable bonds is 2. The molecule has 1 fully saturated rings. The number of benzene rings is 1. The van der Waals surface area contributed by atoms with E-state index in [0.717, 1.165) is 16.2 Å². The summed E-state index contributed by atoms with van der Waals surface area (Å²) < 4.78 is 1.13. The van der Waals surface area contributed by atoms with Crippen molar-refractivity contribution in [3.8, 4) is 0 Å². The van der Waals surface area contributed by atoms with E-state index in [2.05, 4.69) is 57.3 Å². The number of quaternary nitrogens is 1. The summed E-state index contributed by atoms with van der Waals surface area (Å²) in [6, 6.07) is 8.57. The summed E-state index contributed by atoms with van der Waals surface area (Å²) in [4.78, 5) is 0.